The molecule has 53 heavy (non-hydrogen) atoms. The quantitative estimate of drug-likeness (QED) is 0.210. The fourth-order valence-corrected chi connectivity index (χ4v) is 5.99. The highest BCUT2D eigenvalue weighted by molar-refractivity contribution is 5.92. The van der Waals surface area contributed by atoms with Crippen molar-refractivity contribution in [3.05, 3.63) is 107 Å². The number of hydrogen-bond acceptors (Lipinski definition) is 9. The number of para-hydroxylation sites is 1. The predicted molar refractivity (Wildman–Crippen MR) is 195 cm³/mol. The van der Waals surface area contributed by atoms with Crippen LogP contribution in [0, 0.1) is 5.92 Å². The Balaban J connectivity index is 1.27. The minimum atomic E-state index is -1.11. The normalized spacial score (nSPS) is 18.7. The largest absolute Gasteiger partial charge is 0.492 e. The zero-order valence-electron chi connectivity index (χ0n) is 29.6. The molecule has 3 aromatic carbocycles. The van der Waals surface area contributed by atoms with Crippen LogP contribution in [0.4, 0.5) is 0 Å². The summed E-state index contributed by atoms with van der Waals surface area (Å²) in [4.78, 5) is 76.3. The Hall–Kier alpha value is -6.38. The van der Waals surface area contributed by atoms with E-state index in [9.17, 15) is 24.0 Å². The van der Waals surface area contributed by atoms with E-state index in [4.69, 9.17) is 4.74 Å². The van der Waals surface area contributed by atoms with Crippen molar-refractivity contribution < 1.29 is 23.9 Å². The van der Waals surface area contributed by atoms with Gasteiger partial charge in [0.15, 0.2) is 5.82 Å². The van der Waals surface area contributed by atoms with Crippen molar-refractivity contribution in [2.75, 3.05) is 13.2 Å². The molecule has 0 spiro atoms. The lowest BCUT2D eigenvalue weighted by Crippen LogP contribution is -2.56. The Bertz CT molecular complexity index is 2160. The summed E-state index contributed by atoms with van der Waals surface area (Å²) in [5.41, 5.74) is 1.56. The maximum absolute atomic E-state index is 14.0. The van der Waals surface area contributed by atoms with Gasteiger partial charge in [-0.25, -0.2) is 14.6 Å². The Labute approximate surface area is 305 Å². The molecule has 0 fully saturated rings. The number of carbonyl (C=O) groups is 4. The van der Waals surface area contributed by atoms with Gasteiger partial charge < -0.3 is 26.0 Å². The van der Waals surface area contributed by atoms with E-state index in [1.54, 1.807) is 69.3 Å². The minimum Gasteiger partial charge on any atom is -0.492 e. The summed E-state index contributed by atoms with van der Waals surface area (Å²) in [6.07, 6.45) is 1.37. The average Bonchev–Trinajstić information content (AvgIpc) is 3.57. The second-order valence-electron chi connectivity index (χ2n) is 13.1. The van der Waals surface area contributed by atoms with Crippen LogP contribution >= 0.6 is 0 Å². The summed E-state index contributed by atoms with van der Waals surface area (Å²) in [6.45, 7) is 5.19. The number of aromatic nitrogens is 5. The zero-order valence-corrected chi connectivity index (χ0v) is 29.6. The SMILES string of the molecule is CC(C)[C@H]1NC(=O)[C@@H](NC(=O)Cn2cnc3ccccc3c2=O)Cc2ccc(cc2)OCCNC(=O)Cn2nc(-c3ccccc3)nc2[C@H](C)NC1=O. The van der Waals surface area contributed by atoms with Crippen LogP contribution in [0.25, 0.3) is 22.3 Å². The topological polar surface area (TPSA) is 191 Å². The molecule has 4 heterocycles. The van der Waals surface area contributed by atoms with Crippen molar-refractivity contribution in [1.82, 2.24) is 45.6 Å². The number of nitrogens with one attached hydrogen (secondary N) is 4. The second-order valence-corrected chi connectivity index (χ2v) is 13.1. The van der Waals surface area contributed by atoms with Gasteiger partial charge in [0.05, 0.1) is 29.8 Å². The average molecular weight is 720 g/mol. The molecule has 2 aliphatic rings. The number of carbonyl (C=O) groups excluding carboxylic acids is 4. The van der Waals surface area contributed by atoms with Gasteiger partial charge in [0.1, 0.15) is 43.4 Å². The van der Waals surface area contributed by atoms with Gasteiger partial charge in [0.25, 0.3) is 5.56 Å². The van der Waals surface area contributed by atoms with E-state index in [0.29, 0.717) is 33.9 Å². The molecule has 15 nitrogen and oxygen atoms in total. The van der Waals surface area contributed by atoms with Crippen LogP contribution in [0.1, 0.15) is 38.2 Å². The van der Waals surface area contributed by atoms with Gasteiger partial charge in [-0.2, -0.15) is 5.10 Å². The number of amides is 4. The van der Waals surface area contributed by atoms with Crippen LogP contribution in [0.5, 0.6) is 5.75 Å². The van der Waals surface area contributed by atoms with Gasteiger partial charge in [-0.3, -0.25) is 28.5 Å². The first-order valence-electron chi connectivity index (χ1n) is 17.4. The van der Waals surface area contributed by atoms with E-state index < -0.39 is 35.8 Å². The van der Waals surface area contributed by atoms with Crippen LogP contribution in [0.3, 0.4) is 0 Å². The number of rotatable bonds is 5. The molecule has 2 aromatic heterocycles. The molecule has 0 saturated heterocycles. The highest BCUT2D eigenvalue weighted by Crippen LogP contribution is 2.20. The summed E-state index contributed by atoms with van der Waals surface area (Å²) >= 11 is 0. The maximum Gasteiger partial charge on any atom is 0.261 e. The predicted octanol–water partition coefficient (Wildman–Crippen LogP) is 1.91. The fraction of sp³-hybridized carbons (Fsp3) is 0.316. The number of nitrogens with zero attached hydrogens (tertiary/aromatic N) is 5. The molecule has 0 saturated carbocycles. The van der Waals surface area contributed by atoms with E-state index in [0.717, 1.165) is 5.56 Å². The molecule has 4 N–H and O–H groups in total. The first kappa shape index (κ1) is 36.4. The van der Waals surface area contributed by atoms with Crippen LogP contribution in [-0.2, 0) is 38.7 Å². The van der Waals surface area contributed by atoms with E-state index in [2.05, 4.69) is 36.3 Å². The Morgan fingerprint density at radius 1 is 0.943 bits per heavy atom. The molecule has 7 rings (SSSR count). The lowest BCUT2D eigenvalue weighted by molar-refractivity contribution is -0.133. The third kappa shape index (κ3) is 8.92. The lowest BCUT2D eigenvalue weighted by atomic mass is 10.0. The summed E-state index contributed by atoms with van der Waals surface area (Å²) < 4.78 is 8.46. The Morgan fingerprint density at radius 3 is 2.43 bits per heavy atom. The van der Waals surface area contributed by atoms with Crippen molar-refractivity contribution in [1.29, 1.82) is 0 Å². The highest BCUT2D eigenvalue weighted by atomic mass is 16.5. The Kier molecular flexibility index (Phi) is 11.2. The highest BCUT2D eigenvalue weighted by Gasteiger charge is 2.31. The molecule has 2 bridgehead atoms. The third-order valence-corrected chi connectivity index (χ3v) is 8.77. The molecule has 274 valence electrons. The summed E-state index contributed by atoms with van der Waals surface area (Å²) in [6, 6.07) is 20.2. The van der Waals surface area contributed by atoms with Crippen molar-refractivity contribution in [2.45, 2.75) is 58.4 Å². The molecule has 4 amide bonds. The molecular weight excluding hydrogens is 678 g/mol. The molecule has 0 unspecified atom stereocenters. The van der Waals surface area contributed by atoms with Gasteiger partial charge in [-0.05, 0) is 42.7 Å². The fourth-order valence-electron chi connectivity index (χ4n) is 5.99. The summed E-state index contributed by atoms with van der Waals surface area (Å²) in [5, 5.41) is 16.3. The first-order valence-corrected chi connectivity index (χ1v) is 17.4. The van der Waals surface area contributed by atoms with Crippen LogP contribution < -0.4 is 31.6 Å². The molecule has 3 atom stereocenters. The van der Waals surface area contributed by atoms with Crippen molar-refractivity contribution >= 4 is 34.5 Å². The van der Waals surface area contributed by atoms with Crippen molar-refractivity contribution in [3.8, 4) is 17.1 Å². The number of benzene rings is 3. The van der Waals surface area contributed by atoms with Crippen molar-refractivity contribution in [3.63, 3.8) is 0 Å². The van der Waals surface area contributed by atoms with Gasteiger partial charge >= 0.3 is 0 Å². The third-order valence-electron chi connectivity index (χ3n) is 8.77. The number of hydrogen-bond donors (Lipinski definition) is 4. The Morgan fingerprint density at radius 2 is 1.68 bits per heavy atom. The van der Waals surface area contributed by atoms with Gasteiger partial charge in [0.2, 0.25) is 23.6 Å². The molecule has 0 aliphatic carbocycles. The van der Waals surface area contributed by atoms with Gasteiger partial charge in [-0.15, -0.1) is 0 Å². The van der Waals surface area contributed by atoms with Crippen LogP contribution in [0.15, 0.2) is 90.0 Å². The van der Waals surface area contributed by atoms with Crippen LogP contribution in [-0.4, -0.2) is 73.2 Å². The standard InChI is InChI=1S/C38H41N9O6/c1-23(2)33-37(51)41-24(3)35-44-34(26-9-5-4-6-10-26)45-47(35)21-31(48)39-17-18-53-27-15-13-25(14-16-27)19-30(36(50)43-33)42-32(49)20-46-22-40-29-12-8-7-11-28(29)38(46)52/h4-16,22-24,30,33H,17-21H2,1-3H3,(H,39,48)(H,41,51)(H,42,49)(H,43,50)/t24-,30-,33+/m0/s1. The monoisotopic (exact) mass is 719 g/mol. The maximum atomic E-state index is 14.0. The molecular formula is C38H41N9O6. The van der Waals surface area contributed by atoms with E-state index in [-0.39, 0.29) is 50.0 Å². The summed E-state index contributed by atoms with van der Waals surface area (Å²) in [5.74, 6) is -1.08. The number of fused-ring (bicyclic) bond motifs is 15. The lowest BCUT2D eigenvalue weighted by Gasteiger charge is -2.27. The second kappa shape index (κ2) is 16.3. The minimum absolute atomic E-state index is 0.0764. The molecule has 0 radical (unpaired) electrons. The van der Waals surface area contributed by atoms with E-state index in [1.165, 1.54) is 15.6 Å². The van der Waals surface area contributed by atoms with Gasteiger partial charge in [0, 0.05) is 12.0 Å². The van der Waals surface area contributed by atoms with Crippen molar-refractivity contribution in [2.24, 2.45) is 5.92 Å². The smallest absolute Gasteiger partial charge is 0.261 e. The van der Waals surface area contributed by atoms with E-state index >= 15 is 0 Å². The molecule has 5 aromatic rings. The number of ether oxygens (including phenoxy) is 1. The van der Waals surface area contributed by atoms with E-state index in [1.807, 2.05) is 30.3 Å². The summed E-state index contributed by atoms with van der Waals surface area (Å²) in [7, 11) is 0. The van der Waals surface area contributed by atoms with Crippen LogP contribution in [0.2, 0.25) is 0 Å². The first-order chi connectivity index (χ1) is 25.5. The molecule has 15 heteroatoms. The van der Waals surface area contributed by atoms with Gasteiger partial charge in [-0.1, -0.05) is 68.4 Å². The molecule has 2 aliphatic heterocycles. The zero-order chi connectivity index (χ0) is 37.5.